The van der Waals surface area contributed by atoms with Gasteiger partial charge in [0.25, 0.3) is 11.8 Å². The Hall–Kier alpha value is -5.74. The SMILES string of the molecule is [C-]#[N+]c1nc2c3nc(C)c(C)nc3c3nc(Oc4ccccc4)c(Oc4ccccc4)nc3c2nc1C#N. The lowest BCUT2D eigenvalue weighted by atomic mass is 10.1. The molecule has 6 rings (SSSR count). The van der Waals surface area contributed by atoms with E-state index in [-0.39, 0.29) is 34.3 Å². The van der Waals surface area contributed by atoms with Gasteiger partial charge in [-0.1, -0.05) is 43.0 Å². The van der Waals surface area contributed by atoms with Gasteiger partial charge in [-0.05, 0) is 38.1 Å². The van der Waals surface area contributed by atoms with Crippen molar-refractivity contribution in [2.45, 2.75) is 13.8 Å². The maximum atomic E-state index is 9.63. The highest BCUT2D eigenvalue weighted by molar-refractivity contribution is 6.18. The molecule has 3 heterocycles. The van der Waals surface area contributed by atoms with Crippen molar-refractivity contribution in [1.29, 1.82) is 5.26 Å². The standard InChI is InChI=1S/C28H16N8O2/c1-15-16(2)32-21-20(31-15)23-22(33-19(14-29)26(30-3)34-23)25-24(21)35-27(37-17-10-6-4-7-11-17)28(36-25)38-18-12-8-5-9-13-18/h4-13H,1-2H3. The number of para-hydroxylation sites is 2. The first-order valence-electron chi connectivity index (χ1n) is 11.5. The zero-order valence-electron chi connectivity index (χ0n) is 20.2. The third-order valence-electron chi connectivity index (χ3n) is 5.82. The summed E-state index contributed by atoms with van der Waals surface area (Å²) in [5.41, 5.74) is 3.27. The number of fused-ring (bicyclic) bond motifs is 6. The van der Waals surface area contributed by atoms with Crippen LogP contribution in [0.5, 0.6) is 23.3 Å². The van der Waals surface area contributed by atoms with Crippen LogP contribution in [-0.2, 0) is 0 Å². The minimum absolute atomic E-state index is 0.0829. The molecule has 0 saturated carbocycles. The first-order chi connectivity index (χ1) is 18.6. The van der Waals surface area contributed by atoms with Gasteiger partial charge in [0.05, 0.1) is 11.4 Å². The molecule has 0 aliphatic rings. The minimum atomic E-state index is -0.126. The quantitative estimate of drug-likeness (QED) is 0.209. The number of nitrogens with zero attached hydrogens (tertiary/aromatic N) is 8. The average Bonchev–Trinajstić information content (AvgIpc) is 2.95. The third-order valence-corrected chi connectivity index (χ3v) is 5.82. The molecule has 0 N–H and O–H groups in total. The van der Waals surface area contributed by atoms with Crippen molar-refractivity contribution in [1.82, 2.24) is 29.9 Å². The van der Waals surface area contributed by atoms with Crippen molar-refractivity contribution in [3.8, 4) is 29.3 Å². The summed E-state index contributed by atoms with van der Waals surface area (Å²) in [6.07, 6.45) is 0. The van der Waals surface area contributed by atoms with E-state index in [1.165, 1.54) is 0 Å². The lowest BCUT2D eigenvalue weighted by molar-refractivity contribution is 0.395. The monoisotopic (exact) mass is 496 g/mol. The van der Waals surface area contributed by atoms with Crippen LogP contribution in [0.25, 0.3) is 37.9 Å². The Morgan fingerprint density at radius 2 is 1.05 bits per heavy atom. The summed E-state index contributed by atoms with van der Waals surface area (Å²) in [5, 5.41) is 9.63. The van der Waals surface area contributed by atoms with Crippen LogP contribution in [0.2, 0.25) is 0 Å². The van der Waals surface area contributed by atoms with E-state index in [1.807, 2.05) is 56.3 Å². The van der Waals surface area contributed by atoms with E-state index in [2.05, 4.69) is 14.8 Å². The van der Waals surface area contributed by atoms with Gasteiger partial charge < -0.3 is 14.3 Å². The van der Waals surface area contributed by atoms with Crippen LogP contribution >= 0.6 is 0 Å². The fourth-order valence-electron chi connectivity index (χ4n) is 3.91. The lowest BCUT2D eigenvalue weighted by Gasteiger charge is -2.13. The summed E-state index contributed by atoms with van der Waals surface area (Å²) in [5.74, 6) is 1.13. The largest absolute Gasteiger partial charge is 0.435 e. The summed E-state index contributed by atoms with van der Waals surface area (Å²) in [6.45, 7) is 11.1. The third kappa shape index (κ3) is 3.83. The zero-order valence-corrected chi connectivity index (χ0v) is 20.2. The van der Waals surface area contributed by atoms with Crippen molar-refractivity contribution >= 4 is 38.9 Å². The van der Waals surface area contributed by atoms with Crippen molar-refractivity contribution in [2.75, 3.05) is 0 Å². The van der Waals surface area contributed by atoms with Gasteiger partial charge in [-0.15, -0.1) is 4.98 Å². The summed E-state index contributed by atoms with van der Waals surface area (Å²) in [4.78, 5) is 31.3. The molecule has 0 fully saturated rings. The Bertz CT molecular complexity index is 1960. The minimum Gasteiger partial charge on any atom is -0.435 e. The molecule has 0 saturated heterocycles. The molecule has 0 atom stereocenters. The van der Waals surface area contributed by atoms with Crippen LogP contribution < -0.4 is 9.47 Å². The second kappa shape index (κ2) is 9.04. The molecule has 0 aliphatic heterocycles. The number of ether oxygens (including phenoxy) is 2. The van der Waals surface area contributed by atoms with Gasteiger partial charge in [-0.3, -0.25) is 0 Å². The maximum absolute atomic E-state index is 9.63. The molecule has 0 aliphatic carbocycles. The highest BCUT2D eigenvalue weighted by Gasteiger charge is 2.25. The zero-order chi connectivity index (χ0) is 26.2. The first kappa shape index (κ1) is 22.7. The Morgan fingerprint density at radius 1 is 0.632 bits per heavy atom. The number of rotatable bonds is 4. The van der Waals surface area contributed by atoms with Crippen LogP contribution in [0.15, 0.2) is 60.7 Å². The highest BCUT2D eigenvalue weighted by Crippen LogP contribution is 2.38. The number of aromatic nitrogens is 6. The lowest BCUT2D eigenvalue weighted by Crippen LogP contribution is -2.03. The molecular weight excluding hydrogens is 480 g/mol. The Morgan fingerprint density at radius 3 is 1.50 bits per heavy atom. The van der Waals surface area contributed by atoms with E-state index < -0.39 is 0 Å². The average molecular weight is 496 g/mol. The molecular formula is C28H16N8O2. The smallest absolute Gasteiger partial charge is 0.307 e. The van der Waals surface area contributed by atoms with E-state index in [4.69, 9.17) is 36.0 Å². The number of hydrogen-bond donors (Lipinski definition) is 0. The molecule has 38 heavy (non-hydrogen) atoms. The topological polar surface area (TPSA) is 124 Å². The van der Waals surface area contributed by atoms with E-state index in [0.717, 1.165) is 0 Å². The predicted molar refractivity (Wildman–Crippen MR) is 139 cm³/mol. The molecule has 0 radical (unpaired) electrons. The van der Waals surface area contributed by atoms with Crippen molar-refractivity contribution < 1.29 is 9.47 Å². The summed E-state index contributed by atoms with van der Waals surface area (Å²) in [6, 6.07) is 20.2. The van der Waals surface area contributed by atoms with Gasteiger partial charge in [0.15, 0.2) is 5.69 Å². The molecule has 10 heteroatoms. The summed E-state index contributed by atoms with van der Waals surface area (Å²) in [7, 11) is 0. The molecule has 3 aromatic heterocycles. The number of benzene rings is 3. The molecule has 6 aromatic rings. The van der Waals surface area contributed by atoms with Crippen molar-refractivity contribution in [2.24, 2.45) is 0 Å². The highest BCUT2D eigenvalue weighted by atomic mass is 16.5. The molecule has 0 spiro atoms. The molecule has 0 bridgehead atoms. The van der Waals surface area contributed by atoms with Crippen LogP contribution in [-0.4, -0.2) is 29.9 Å². The Kier molecular flexibility index (Phi) is 5.40. The van der Waals surface area contributed by atoms with Crippen LogP contribution in [0, 0.1) is 31.8 Å². The molecule has 0 amide bonds. The second-order valence-corrected chi connectivity index (χ2v) is 8.27. The van der Waals surface area contributed by atoms with Crippen LogP contribution in [0.4, 0.5) is 5.82 Å². The fourth-order valence-corrected chi connectivity index (χ4v) is 3.91. The molecule has 3 aromatic carbocycles. The molecule has 0 unspecified atom stereocenters. The number of aryl methyl sites for hydroxylation is 2. The van der Waals surface area contributed by atoms with E-state index in [9.17, 15) is 5.26 Å². The molecule has 10 nitrogen and oxygen atoms in total. The van der Waals surface area contributed by atoms with Gasteiger partial charge in [-0.25, -0.2) is 24.9 Å². The van der Waals surface area contributed by atoms with Gasteiger partial charge in [0, 0.05) is 0 Å². The normalized spacial score (nSPS) is 10.8. The van der Waals surface area contributed by atoms with Crippen molar-refractivity contribution in [3.05, 3.63) is 89.2 Å². The fraction of sp³-hybridized carbons (Fsp3) is 0.0714. The van der Waals surface area contributed by atoms with E-state index >= 15 is 0 Å². The first-order valence-corrected chi connectivity index (χ1v) is 11.5. The van der Waals surface area contributed by atoms with Gasteiger partial charge in [0.1, 0.15) is 45.2 Å². The number of hydrogen-bond acceptors (Lipinski definition) is 9. The second-order valence-electron chi connectivity index (χ2n) is 8.27. The van der Waals surface area contributed by atoms with Crippen LogP contribution in [0.3, 0.4) is 0 Å². The summed E-state index contributed by atoms with van der Waals surface area (Å²) >= 11 is 0. The van der Waals surface area contributed by atoms with Crippen LogP contribution in [0.1, 0.15) is 17.1 Å². The maximum Gasteiger partial charge on any atom is 0.307 e. The Balaban J connectivity index is 1.74. The van der Waals surface area contributed by atoms with Crippen molar-refractivity contribution in [3.63, 3.8) is 0 Å². The number of nitriles is 1. The van der Waals surface area contributed by atoms with E-state index in [1.54, 1.807) is 24.3 Å². The Labute approximate surface area is 216 Å². The van der Waals surface area contributed by atoms with Gasteiger partial charge in [0.2, 0.25) is 5.52 Å². The van der Waals surface area contributed by atoms with Gasteiger partial charge in [-0.2, -0.15) is 5.26 Å². The summed E-state index contributed by atoms with van der Waals surface area (Å²) < 4.78 is 12.2. The predicted octanol–water partition coefficient (Wildman–Crippen LogP) is 6.14. The van der Waals surface area contributed by atoms with Gasteiger partial charge >= 0.3 is 5.82 Å². The van der Waals surface area contributed by atoms with E-state index in [0.29, 0.717) is 45.0 Å². The molecule has 180 valence electrons.